The molecule has 0 aliphatic rings. The molecule has 4 nitrogen and oxygen atoms in total. The highest BCUT2D eigenvalue weighted by Crippen LogP contribution is 2.09. The number of aromatic nitrogens is 1. The Bertz CT molecular complexity index is 380. The molecule has 1 aromatic rings. The molecule has 1 aromatic heterocycles. The van der Waals surface area contributed by atoms with E-state index in [-0.39, 0.29) is 6.61 Å². The van der Waals surface area contributed by atoms with Gasteiger partial charge in [0.05, 0.1) is 6.20 Å². The van der Waals surface area contributed by atoms with E-state index in [2.05, 4.69) is 16.8 Å². The molecule has 0 bridgehead atoms. The van der Waals surface area contributed by atoms with Crippen LogP contribution in [0.5, 0.6) is 5.75 Å². The molecular formula is C12H16N2O2. The third kappa shape index (κ3) is 4.78. The molecule has 0 saturated heterocycles. The van der Waals surface area contributed by atoms with Crippen molar-refractivity contribution in [1.82, 2.24) is 9.88 Å². The Morgan fingerprint density at radius 3 is 2.94 bits per heavy atom. The molecule has 0 aliphatic carbocycles. The zero-order valence-electron chi connectivity index (χ0n) is 9.60. The predicted molar refractivity (Wildman–Crippen MR) is 62.2 cm³/mol. The highest BCUT2D eigenvalue weighted by molar-refractivity contribution is 5.36. The monoisotopic (exact) mass is 220 g/mol. The van der Waals surface area contributed by atoms with Crippen molar-refractivity contribution in [3.63, 3.8) is 0 Å². The second kappa shape index (κ2) is 6.83. The van der Waals surface area contributed by atoms with Gasteiger partial charge in [-0.05, 0) is 20.2 Å². The lowest BCUT2D eigenvalue weighted by Crippen LogP contribution is -2.19. The summed E-state index contributed by atoms with van der Waals surface area (Å²) in [4.78, 5) is 6.06. The molecule has 0 radical (unpaired) electrons. The van der Waals surface area contributed by atoms with Crippen molar-refractivity contribution in [2.45, 2.75) is 0 Å². The number of hydrogen-bond acceptors (Lipinski definition) is 4. The van der Waals surface area contributed by atoms with E-state index < -0.39 is 0 Å². The number of aliphatic hydroxyl groups excluding tert-OH is 1. The van der Waals surface area contributed by atoms with E-state index >= 15 is 0 Å². The van der Waals surface area contributed by atoms with Crippen LogP contribution in [0.15, 0.2) is 18.5 Å². The molecule has 0 amide bonds. The lowest BCUT2D eigenvalue weighted by atomic mass is 10.3. The molecule has 0 unspecified atom stereocenters. The first-order valence-corrected chi connectivity index (χ1v) is 5.04. The van der Waals surface area contributed by atoms with Crippen LogP contribution in [0.3, 0.4) is 0 Å². The summed E-state index contributed by atoms with van der Waals surface area (Å²) >= 11 is 0. The van der Waals surface area contributed by atoms with E-state index in [1.165, 1.54) is 0 Å². The van der Waals surface area contributed by atoms with Crippen LogP contribution in [0.4, 0.5) is 0 Å². The van der Waals surface area contributed by atoms with Crippen molar-refractivity contribution in [1.29, 1.82) is 0 Å². The standard InChI is InChI=1S/C12H16N2O2/c1-14(2)5-7-16-12-8-11(4-3-6-15)9-13-10-12/h8-10,15H,5-7H2,1-2H3. The molecule has 1 rings (SSSR count). The van der Waals surface area contributed by atoms with Crippen molar-refractivity contribution < 1.29 is 9.84 Å². The summed E-state index contributed by atoms with van der Waals surface area (Å²) in [5.41, 5.74) is 0.747. The van der Waals surface area contributed by atoms with Gasteiger partial charge in [0, 0.05) is 18.3 Å². The van der Waals surface area contributed by atoms with Crippen molar-refractivity contribution >= 4 is 0 Å². The maximum absolute atomic E-state index is 8.57. The van der Waals surface area contributed by atoms with Crippen molar-refractivity contribution in [3.8, 4) is 17.6 Å². The molecule has 0 aromatic carbocycles. The molecule has 0 saturated carbocycles. The minimum atomic E-state index is -0.147. The predicted octanol–water partition coefficient (Wildman–Crippen LogP) is 0.366. The zero-order valence-corrected chi connectivity index (χ0v) is 9.60. The topological polar surface area (TPSA) is 45.6 Å². The minimum Gasteiger partial charge on any atom is -0.491 e. The van der Waals surface area contributed by atoms with Gasteiger partial charge in [-0.2, -0.15) is 0 Å². The molecule has 16 heavy (non-hydrogen) atoms. The van der Waals surface area contributed by atoms with Gasteiger partial charge in [0.2, 0.25) is 0 Å². The Kier molecular flexibility index (Phi) is 5.34. The summed E-state index contributed by atoms with van der Waals surface area (Å²) in [5.74, 6) is 6.05. The lowest BCUT2D eigenvalue weighted by Gasteiger charge is -2.10. The van der Waals surface area contributed by atoms with Crippen LogP contribution < -0.4 is 4.74 Å². The summed E-state index contributed by atoms with van der Waals surface area (Å²) in [6.07, 6.45) is 3.29. The van der Waals surface area contributed by atoms with Crippen molar-refractivity contribution in [2.75, 3.05) is 33.9 Å². The van der Waals surface area contributed by atoms with Gasteiger partial charge in [0.25, 0.3) is 0 Å². The maximum atomic E-state index is 8.57. The van der Waals surface area contributed by atoms with Gasteiger partial charge < -0.3 is 14.7 Å². The summed E-state index contributed by atoms with van der Waals surface area (Å²) in [5, 5.41) is 8.57. The van der Waals surface area contributed by atoms with Crippen LogP contribution in [0.25, 0.3) is 0 Å². The first-order valence-electron chi connectivity index (χ1n) is 5.04. The van der Waals surface area contributed by atoms with Crippen LogP contribution in [-0.4, -0.2) is 48.8 Å². The van der Waals surface area contributed by atoms with Crippen molar-refractivity contribution in [2.24, 2.45) is 0 Å². The van der Waals surface area contributed by atoms with E-state index in [4.69, 9.17) is 9.84 Å². The van der Waals surface area contributed by atoms with Gasteiger partial charge in [-0.3, -0.25) is 4.98 Å². The second-order valence-electron chi connectivity index (χ2n) is 3.52. The van der Waals surface area contributed by atoms with Gasteiger partial charge in [-0.15, -0.1) is 0 Å². The number of pyridine rings is 1. The fraction of sp³-hybridized carbons (Fsp3) is 0.417. The summed E-state index contributed by atoms with van der Waals surface area (Å²) in [7, 11) is 3.98. The third-order valence-corrected chi connectivity index (χ3v) is 1.83. The normalized spacial score (nSPS) is 9.75. The molecule has 4 heteroatoms. The van der Waals surface area contributed by atoms with E-state index in [1.807, 2.05) is 25.1 Å². The van der Waals surface area contributed by atoms with Crippen molar-refractivity contribution in [3.05, 3.63) is 24.0 Å². The summed E-state index contributed by atoms with van der Waals surface area (Å²) in [6.45, 7) is 1.32. The average Bonchev–Trinajstić information content (AvgIpc) is 2.26. The lowest BCUT2D eigenvalue weighted by molar-refractivity contribution is 0.260. The van der Waals surface area contributed by atoms with Gasteiger partial charge in [0.15, 0.2) is 0 Å². The summed E-state index contributed by atoms with van der Waals surface area (Å²) < 4.78 is 5.50. The highest BCUT2D eigenvalue weighted by atomic mass is 16.5. The largest absolute Gasteiger partial charge is 0.491 e. The Labute approximate surface area is 95.9 Å². The fourth-order valence-electron chi connectivity index (χ4n) is 1.05. The average molecular weight is 220 g/mol. The van der Waals surface area contributed by atoms with Gasteiger partial charge >= 0.3 is 0 Å². The molecular weight excluding hydrogens is 204 g/mol. The number of rotatable bonds is 4. The minimum absolute atomic E-state index is 0.147. The van der Waals surface area contributed by atoms with Crippen LogP contribution in [-0.2, 0) is 0 Å². The van der Waals surface area contributed by atoms with Gasteiger partial charge in [-0.25, -0.2) is 0 Å². The Morgan fingerprint density at radius 1 is 1.44 bits per heavy atom. The molecule has 0 atom stereocenters. The van der Waals surface area contributed by atoms with E-state index in [0.717, 1.165) is 12.1 Å². The number of aliphatic hydroxyl groups is 1. The molecule has 1 N–H and O–H groups in total. The molecule has 0 fully saturated rings. The quantitative estimate of drug-likeness (QED) is 0.744. The number of ether oxygens (including phenoxy) is 1. The SMILES string of the molecule is CN(C)CCOc1cncc(C#CCO)c1. The first-order chi connectivity index (χ1) is 7.72. The van der Waals surface area contributed by atoms with E-state index in [1.54, 1.807) is 12.4 Å². The van der Waals surface area contributed by atoms with E-state index in [0.29, 0.717) is 12.4 Å². The Balaban J connectivity index is 2.54. The van der Waals surface area contributed by atoms with Gasteiger partial charge in [-0.1, -0.05) is 11.8 Å². The molecule has 1 heterocycles. The number of nitrogens with zero attached hydrogens (tertiary/aromatic N) is 2. The molecule has 86 valence electrons. The van der Waals surface area contributed by atoms with Crippen LogP contribution in [0.1, 0.15) is 5.56 Å². The van der Waals surface area contributed by atoms with Gasteiger partial charge in [0.1, 0.15) is 19.0 Å². The smallest absolute Gasteiger partial charge is 0.138 e. The second-order valence-corrected chi connectivity index (χ2v) is 3.52. The highest BCUT2D eigenvalue weighted by Gasteiger charge is 1.96. The zero-order chi connectivity index (χ0) is 11.8. The Morgan fingerprint density at radius 2 is 2.25 bits per heavy atom. The summed E-state index contributed by atoms with van der Waals surface area (Å²) in [6, 6.07) is 1.81. The number of hydrogen-bond donors (Lipinski definition) is 1. The third-order valence-electron chi connectivity index (χ3n) is 1.83. The maximum Gasteiger partial charge on any atom is 0.138 e. The first kappa shape index (κ1) is 12.5. The van der Waals surface area contributed by atoms with Crippen LogP contribution >= 0.6 is 0 Å². The van der Waals surface area contributed by atoms with E-state index in [9.17, 15) is 0 Å². The number of likely N-dealkylation sites (N-methyl/N-ethyl adjacent to an activating group) is 1. The van der Waals surface area contributed by atoms with Crippen LogP contribution in [0, 0.1) is 11.8 Å². The van der Waals surface area contributed by atoms with Crippen LogP contribution in [0.2, 0.25) is 0 Å². The fourth-order valence-corrected chi connectivity index (χ4v) is 1.05. The molecule has 0 aliphatic heterocycles. The Hall–Kier alpha value is -1.57. The molecule has 0 spiro atoms.